The second-order valence-corrected chi connectivity index (χ2v) is 7.03. The smallest absolute Gasteiger partial charge is 0.0988 e. The Kier molecular flexibility index (Phi) is 6.58. The Morgan fingerprint density at radius 2 is 1.46 bits per heavy atom. The number of hydrogen-bond acceptors (Lipinski definition) is 1. The van der Waals surface area contributed by atoms with E-state index in [1.54, 1.807) is 0 Å². The van der Waals surface area contributed by atoms with Crippen LogP contribution in [0.1, 0.15) is 13.8 Å². The van der Waals surface area contributed by atoms with Gasteiger partial charge in [-0.2, -0.15) is 5.26 Å². The monoisotopic (exact) mass is 379 g/mol. The summed E-state index contributed by atoms with van der Waals surface area (Å²) < 4.78 is 0. The summed E-state index contributed by atoms with van der Waals surface area (Å²) in [6.07, 6.45) is 6.05. The zero-order valence-corrected chi connectivity index (χ0v) is 15.7. The fourth-order valence-corrected chi connectivity index (χ4v) is 3.52. The van der Waals surface area contributed by atoms with Crippen LogP contribution in [0.5, 0.6) is 0 Å². The highest BCUT2D eigenvalue weighted by molar-refractivity contribution is 9.09. The van der Waals surface area contributed by atoms with Crippen LogP contribution in [-0.2, 0) is 0 Å². The number of nitriles is 1. The van der Waals surface area contributed by atoms with Crippen molar-refractivity contribution in [3.05, 3.63) is 84.5 Å². The van der Waals surface area contributed by atoms with Crippen molar-refractivity contribution in [3.8, 4) is 17.2 Å². The summed E-state index contributed by atoms with van der Waals surface area (Å²) in [6, 6.07) is 22.9. The minimum atomic E-state index is 0.170. The Balaban J connectivity index is 0.000000174. The number of hydrogen-bond donors (Lipinski definition) is 0. The highest BCUT2D eigenvalue weighted by Gasteiger charge is 2.26. The fraction of sp³-hybridized carbons (Fsp3) is 0.227. The molecule has 1 aliphatic carbocycles. The summed E-state index contributed by atoms with van der Waals surface area (Å²) in [4.78, 5) is 0. The molecule has 122 valence electrons. The van der Waals surface area contributed by atoms with Gasteiger partial charge in [-0.05, 0) is 28.5 Å². The van der Waals surface area contributed by atoms with E-state index >= 15 is 0 Å². The molecule has 1 unspecified atom stereocenters. The first kappa shape index (κ1) is 18.2. The van der Waals surface area contributed by atoms with Gasteiger partial charge in [0.15, 0.2) is 0 Å². The highest BCUT2D eigenvalue weighted by atomic mass is 79.9. The molecule has 0 bridgehead atoms. The van der Waals surface area contributed by atoms with Crippen LogP contribution in [-0.4, -0.2) is 5.33 Å². The Morgan fingerprint density at radius 3 is 1.88 bits per heavy atom. The van der Waals surface area contributed by atoms with Crippen LogP contribution in [0, 0.1) is 22.7 Å². The van der Waals surface area contributed by atoms with E-state index in [2.05, 4.69) is 90.5 Å². The zero-order chi connectivity index (χ0) is 17.4. The Morgan fingerprint density at radius 1 is 0.958 bits per heavy atom. The summed E-state index contributed by atoms with van der Waals surface area (Å²) in [7, 11) is 0. The Hall–Kier alpha value is -2.11. The van der Waals surface area contributed by atoms with E-state index in [-0.39, 0.29) is 5.41 Å². The fourth-order valence-electron chi connectivity index (χ4n) is 2.49. The Labute approximate surface area is 153 Å². The molecule has 24 heavy (non-hydrogen) atoms. The quantitative estimate of drug-likeness (QED) is 0.553. The van der Waals surface area contributed by atoms with E-state index in [0.717, 1.165) is 10.9 Å². The maximum atomic E-state index is 8.69. The average Bonchev–Trinajstić information content (AvgIpc) is 2.64. The minimum Gasteiger partial charge on any atom is -0.192 e. The van der Waals surface area contributed by atoms with Crippen molar-refractivity contribution in [2.24, 2.45) is 11.3 Å². The van der Waals surface area contributed by atoms with E-state index in [9.17, 15) is 0 Å². The highest BCUT2D eigenvalue weighted by Crippen LogP contribution is 2.35. The van der Waals surface area contributed by atoms with E-state index < -0.39 is 0 Å². The molecule has 2 heteroatoms. The predicted octanol–water partition coefficient (Wildman–Crippen LogP) is 6.40. The van der Waals surface area contributed by atoms with Crippen LogP contribution in [0.4, 0.5) is 0 Å². The first-order valence-corrected chi connectivity index (χ1v) is 9.16. The number of nitrogens with zero attached hydrogens (tertiary/aromatic N) is 1. The molecular formula is C22H22BrN. The molecule has 0 N–H and O–H groups in total. The lowest BCUT2D eigenvalue weighted by Gasteiger charge is -2.30. The van der Waals surface area contributed by atoms with Gasteiger partial charge in [-0.15, -0.1) is 0 Å². The van der Waals surface area contributed by atoms with Crippen LogP contribution < -0.4 is 0 Å². The van der Waals surface area contributed by atoms with Crippen molar-refractivity contribution >= 4 is 15.9 Å². The van der Waals surface area contributed by atoms with Crippen molar-refractivity contribution in [3.63, 3.8) is 0 Å². The predicted molar refractivity (Wildman–Crippen MR) is 106 cm³/mol. The van der Waals surface area contributed by atoms with Gasteiger partial charge in [0.2, 0.25) is 0 Å². The van der Waals surface area contributed by atoms with Crippen molar-refractivity contribution in [2.45, 2.75) is 13.8 Å². The van der Waals surface area contributed by atoms with Gasteiger partial charge >= 0.3 is 0 Å². The molecular weight excluding hydrogens is 358 g/mol. The van der Waals surface area contributed by atoms with Gasteiger partial charge in [0.05, 0.1) is 6.07 Å². The average molecular weight is 380 g/mol. The van der Waals surface area contributed by atoms with Crippen molar-refractivity contribution in [1.82, 2.24) is 0 Å². The van der Waals surface area contributed by atoms with Crippen LogP contribution in [0.3, 0.4) is 0 Å². The zero-order valence-electron chi connectivity index (χ0n) is 14.1. The second-order valence-electron chi connectivity index (χ2n) is 6.38. The molecule has 0 radical (unpaired) electrons. The third-order valence-corrected chi connectivity index (χ3v) is 4.90. The molecule has 0 fully saturated rings. The number of allylic oxidation sites excluding steroid dienone is 4. The van der Waals surface area contributed by atoms with Crippen LogP contribution in [0.25, 0.3) is 11.1 Å². The second kappa shape index (κ2) is 8.66. The molecule has 0 saturated heterocycles. The molecule has 0 amide bonds. The summed E-state index contributed by atoms with van der Waals surface area (Å²) >= 11 is 3.46. The molecule has 1 nitrogen and oxygen atoms in total. The summed E-state index contributed by atoms with van der Waals surface area (Å²) in [5.41, 5.74) is 3.50. The molecule has 1 atom stereocenters. The van der Waals surface area contributed by atoms with Gasteiger partial charge < -0.3 is 0 Å². The molecule has 1 aliphatic rings. The van der Waals surface area contributed by atoms with Gasteiger partial charge in [0.1, 0.15) is 0 Å². The van der Waals surface area contributed by atoms with Gasteiger partial charge in [-0.1, -0.05) is 103 Å². The standard InChI is InChI=1S/C12H10.C10H12BrN/c1-3-7-11(8-4-1)12-9-5-2-6-10-12;1-10(2)4-3-8(7-12)5-9(10)6-11/h1-10H;3-5,9H,6H2,1-2H3. The lowest BCUT2D eigenvalue weighted by molar-refractivity contribution is 0.370. The summed E-state index contributed by atoms with van der Waals surface area (Å²) in [5.74, 6) is 0.428. The van der Waals surface area contributed by atoms with Gasteiger partial charge in [0, 0.05) is 10.9 Å². The van der Waals surface area contributed by atoms with E-state index in [1.807, 2.05) is 24.3 Å². The molecule has 2 aromatic carbocycles. The first-order valence-electron chi connectivity index (χ1n) is 8.04. The van der Waals surface area contributed by atoms with Crippen molar-refractivity contribution < 1.29 is 0 Å². The van der Waals surface area contributed by atoms with Gasteiger partial charge in [-0.25, -0.2) is 0 Å². The van der Waals surface area contributed by atoms with E-state index in [4.69, 9.17) is 5.26 Å². The maximum absolute atomic E-state index is 8.69. The molecule has 0 spiro atoms. The third-order valence-electron chi connectivity index (χ3n) is 4.21. The molecule has 2 aromatic rings. The maximum Gasteiger partial charge on any atom is 0.0988 e. The van der Waals surface area contributed by atoms with Crippen LogP contribution in [0.2, 0.25) is 0 Å². The molecule has 0 saturated carbocycles. The first-order chi connectivity index (χ1) is 11.6. The van der Waals surface area contributed by atoms with E-state index in [0.29, 0.717) is 5.92 Å². The SMILES string of the molecule is CC1(C)C=CC(C#N)=CC1CBr.c1ccc(-c2ccccc2)cc1. The summed E-state index contributed by atoms with van der Waals surface area (Å²) in [5, 5.41) is 9.60. The molecule has 3 rings (SSSR count). The lowest BCUT2D eigenvalue weighted by Crippen LogP contribution is -2.23. The largest absolute Gasteiger partial charge is 0.192 e. The van der Waals surface area contributed by atoms with Gasteiger partial charge in [-0.3, -0.25) is 0 Å². The molecule has 0 heterocycles. The summed E-state index contributed by atoms with van der Waals surface area (Å²) in [6.45, 7) is 4.36. The minimum absolute atomic E-state index is 0.170. The van der Waals surface area contributed by atoms with Crippen LogP contribution >= 0.6 is 15.9 Å². The van der Waals surface area contributed by atoms with Crippen molar-refractivity contribution in [2.75, 3.05) is 5.33 Å². The third kappa shape index (κ3) is 4.94. The topological polar surface area (TPSA) is 23.8 Å². The Bertz CT molecular complexity index is 699. The van der Waals surface area contributed by atoms with Crippen molar-refractivity contribution in [1.29, 1.82) is 5.26 Å². The number of halogens is 1. The normalized spacial score (nSPS) is 17.9. The lowest BCUT2D eigenvalue weighted by atomic mass is 9.76. The van der Waals surface area contributed by atoms with Gasteiger partial charge in [0.25, 0.3) is 0 Å². The number of benzene rings is 2. The van der Waals surface area contributed by atoms with Crippen LogP contribution in [0.15, 0.2) is 84.5 Å². The number of rotatable bonds is 2. The number of alkyl halides is 1. The van der Waals surface area contributed by atoms with E-state index in [1.165, 1.54) is 11.1 Å². The molecule has 0 aliphatic heterocycles. The molecule has 0 aromatic heterocycles.